The van der Waals surface area contributed by atoms with Gasteiger partial charge in [0.15, 0.2) is 0 Å². The number of carbonyl (C=O) groups is 1. The Kier molecular flexibility index (Phi) is 7.48. The van der Waals surface area contributed by atoms with Gasteiger partial charge in [0.2, 0.25) is 0 Å². The van der Waals surface area contributed by atoms with Gasteiger partial charge >= 0.3 is 6.03 Å². The molecule has 2 aromatic carbocycles. The number of nitrogens with one attached hydrogen (secondary N) is 2. The molecule has 2 N–H and O–H groups in total. The molecular formula is C20H23N3O2. The first-order chi connectivity index (χ1) is 12.2. The number of nitriles is 1. The molecule has 2 aromatic rings. The predicted molar refractivity (Wildman–Crippen MR) is 98.0 cm³/mol. The van der Waals surface area contributed by atoms with Crippen molar-refractivity contribution in [3.63, 3.8) is 0 Å². The zero-order chi connectivity index (χ0) is 17.9. The first kappa shape index (κ1) is 18.5. The second-order valence-electron chi connectivity index (χ2n) is 5.85. The third kappa shape index (κ3) is 7.06. The lowest BCUT2D eigenvalue weighted by Crippen LogP contribution is -2.32. The van der Waals surface area contributed by atoms with Crippen LogP contribution in [0.4, 0.5) is 10.5 Å². The Morgan fingerprint density at radius 2 is 1.92 bits per heavy atom. The number of nitrogens with zero attached hydrogens (tertiary/aromatic N) is 1. The molecule has 0 aliphatic rings. The minimum absolute atomic E-state index is 0.213. The summed E-state index contributed by atoms with van der Waals surface area (Å²) >= 11 is 0. The molecule has 0 heterocycles. The minimum Gasteiger partial charge on any atom is -0.376 e. The van der Waals surface area contributed by atoms with E-state index in [0.717, 1.165) is 12.0 Å². The standard InChI is InChI=1S/C20H23N3O2/c1-16(13-21)14-22-20(24)23-19-9-5-8-18(12-19)15-25-11-10-17-6-3-2-4-7-17/h2-9,12,16H,10-11,14-15H2,1H3,(H2,22,23,24)/t16-/m0/s1. The van der Waals surface area contributed by atoms with Gasteiger partial charge in [0, 0.05) is 12.2 Å². The summed E-state index contributed by atoms with van der Waals surface area (Å²) in [7, 11) is 0. The Balaban J connectivity index is 1.74. The van der Waals surface area contributed by atoms with E-state index in [-0.39, 0.29) is 11.9 Å². The molecule has 5 nitrogen and oxygen atoms in total. The van der Waals surface area contributed by atoms with Crippen LogP contribution >= 0.6 is 0 Å². The van der Waals surface area contributed by atoms with Gasteiger partial charge in [-0.2, -0.15) is 5.26 Å². The summed E-state index contributed by atoms with van der Waals surface area (Å²) in [5, 5.41) is 14.1. The lowest BCUT2D eigenvalue weighted by Gasteiger charge is -2.10. The Labute approximate surface area is 148 Å². The number of carbonyl (C=O) groups excluding carboxylic acids is 1. The van der Waals surface area contributed by atoms with Gasteiger partial charge in [-0.05, 0) is 36.6 Å². The molecule has 5 heteroatoms. The zero-order valence-corrected chi connectivity index (χ0v) is 14.4. The van der Waals surface area contributed by atoms with E-state index in [9.17, 15) is 4.79 Å². The van der Waals surface area contributed by atoms with Crippen LogP contribution in [-0.4, -0.2) is 19.2 Å². The van der Waals surface area contributed by atoms with Gasteiger partial charge in [0.05, 0.1) is 25.2 Å². The monoisotopic (exact) mass is 337 g/mol. The van der Waals surface area contributed by atoms with Crippen LogP contribution < -0.4 is 10.6 Å². The molecule has 0 saturated heterocycles. The van der Waals surface area contributed by atoms with Gasteiger partial charge in [0.25, 0.3) is 0 Å². The number of urea groups is 1. The molecule has 0 aromatic heterocycles. The molecule has 130 valence electrons. The Bertz CT molecular complexity index is 710. The topological polar surface area (TPSA) is 74.2 Å². The maximum atomic E-state index is 11.8. The van der Waals surface area contributed by atoms with Crippen molar-refractivity contribution in [2.45, 2.75) is 20.0 Å². The molecule has 0 unspecified atom stereocenters. The lowest BCUT2D eigenvalue weighted by molar-refractivity contribution is 0.124. The van der Waals surface area contributed by atoms with Gasteiger partial charge in [-0.3, -0.25) is 0 Å². The molecule has 0 aliphatic carbocycles. The first-order valence-electron chi connectivity index (χ1n) is 8.32. The van der Waals surface area contributed by atoms with Gasteiger partial charge < -0.3 is 15.4 Å². The Morgan fingerprint density at radius 1 is 1.16 bits per heavy atom. The average Bonchev–Trinajstić information content (AvgIpc) is 2.64. The number of benzene rings is 2. The quantitative estimate of drug-likeness (QED) is 0.721. The Morgan fingerprint density at radius 3 is 2.68 bits per heavy atom. The van der Waals surface area contributed by atoms with Crippen LogP contribution in [0.15, 0.2) is 54.6 Å². The summed E-state index contributed by atoms with van der Waals surface area (Å²) in [6, 6.07) is 19.5. The minimum atomic E-state index is -0.316. The summed E-state index contributed by atoms with van der Waals surface area (Å²) in [4.78, 5) is 11.8. The van der Waals surface area contributed by atoms with Crippen molar-refractivity contribution in [3.8, 4) is 6.07 Å². The molecule has 0 radical (unpaired) electrons. The summed E-state index contributed by atoms with van der Waals surface area (Å²) in [6.45, 7) is 3.22. The van der Waals surface area contributed by atoms with Crippen LogP contribution in [0.2, 0.25) is 0 Å². The van der Waals surface area contributed by atoms with Crippen molar-refractivity contribution in [2.24, 2.45) is 5.92 Å². The number of hydrogen-bond acceptors (Lipinski definition) is 3. The highest BCUT2D eigenvalue weighted by molar-refractivity contribution is 5.89. The fraction of sp³-hybridized carbons (Fsp3) is 0.300. The van der Waals surface area contributed by atoms with E-state index in [1.807, 2.05) is 42.5 Å². The number of amides is 2. The van der Waals surface area contributed by atoms with Crippen LogP contribution in [0, 0.1) is 17.2 Å². The van der Waals surface area contributed by atoms with Crippen molar-refractivity contribution in [1.29, 1.82) is 5.26 Å². The summed E-state index contributed by atoms with van der Waals surface area (Å²) in [5.74, 6) is -0.213. The Hall–Kier alpha value is -2.84. The molecule has 0 aliphatic heterocycles. The van der Waals surface area contributed by atoms with Crippen LogP contribution in [0.25, 0.3) is 0 Å². The fourth-order valence-electron chi connectivity index (χ4n) is 2.23. The van der Waals surface area contributed by atoms with Crippen LogP contribution in [-0.2, 0) is 17.8 Å². The molecule has 2 rings (SSSR count). The second-order valence-corrected chi connectivity index (χ2v) is 5.85. The highest BCUT2D eigenvalue weighted by Crippen LogP contribution is 2.12. The molecule has 0 spiro atoms. The molecule has 0 saturated carbocycles. The number of hydrogen-bond donors (Lipinski definition) is 2. The number of anilines is 1. The molecule has 25 heavy (non-hydrogen) atoms. The third-order valence-electron chi connectivity index (χ3n) is 3.62. The SMILES string of the molecule is C[C@@H](C#N)CNC(=O)Nc1cccc(COCCc2ccccc2)c1. The van der Waals surface area contributed by atoms with Crippen molar-refractivity contribution < 1.29 is 9.53 Å². The molecule has 1 atom stereocenters. The molecule has 0 bridgehead atoms. The molecule has 0 fully saturated rings. The van der Waals surface area contributed by atoms with Crippen LogP contribution in [0.1, 0.15) is 18.1 Å². The van der Waals surface area contributed by atoms with Gasteiger partial charge in [-0.1, -0.05) is 42.5 Å². The first-order valence-corrected chi connectivity index (χ1v) is 8.32. The van der Waals surface area contributed by atoms with E-state index >= 15 is 0 Å². The summed E-state index contributed by atoms with van der Waals surface area (Å²) in [6.07, 6.45) is 0.873. The van der Waals surface area contributed by atoms with Crippen molar-refractivity contribution in [1.82, 2.24) is 5.32 Å². The van der Waals surface area contributed by atoms with Gasteiger partial charge in [-0.25, -0.2) is 4.79 Å². The maximum absolute atomic E-state index is 11.8. The highest BCUT2D eigenvalue weighted by Gasteiger charge is 2.05. The second kappa shape index (κ2) is 10.1. The van der Waals surface area contributed by atoms with Crippen molar-refractivity contribution >= 4 is 11.7 Å². The predicted octanol–water partition coefficient (Wildman–Crippen LogP) is 3.73. The smallest absolute Gasteiger partial charge is 0.319 e. The fourth-order valence-corrected chi connectivity index (χ4v) is 2.23. The largest absolute Gasteiger partial charge is 0.376 e. The summed E-state index contributed by atoms with van der Waals surface area (Å²) in [5.41, 5.74) is 2.95. The lowest BCUT2D eigenvalue weighted by atomic mass is 10.2. The van der Waals surface area contributed by atoms with E-state index < -0.39 is 0 Å². The third-order valence-corrected chi connectivity index (χ3v) is 3.62. The zero-order valence-electron chi connectivity index (χ0n) is 14.4. The van der Waals surface area contributed by atoms with Crippen LogP contribution in [0.5, 0.6) is 0 Å². The van der Waals surface area contributed by atoms with E-state index in [4.69, 9.17) is 10.00 Å². The highest BCUT2D eigenvalue weighted by atomic mass is 16.5. The van der Waals surface area contributed by atoms with E-state index in [1.54, 1.807) is 6.92 Å². The van der Waals surface area contributed by atoms with E-state index in [0.29, 0.717) is 25.4 Å². The number of rotatable bonds is 8. The van der Waals surface area contributed by atoms with Gasteiger partial charge in [0.1, 0.15) is 0 Å². The van der Waals surface area contributed by atoms with Crippen LogP contribution in [0.3, 0.4) is 0 Å². The van der Waals surface area contributed by atoms with E-state index in [2.05, 4.69) is 28.8 Å². The van der Waals surface area contributed by atoms with Gasteiger partial charge in [-0.15, -0.1) is 0 Å². The normalized spacial score (nSPS) is 11.4. The molecular weight excluding hydrogens is 314 g/mol. The van der Waals surface area contributed by atoms with E-state index in [1.165, 1.54) is 5.56 Å². The number of ether oxygens (including phenoxy) is 1. The molecule has 2 amide bonds. The average molecular weight is 337 g/mol. The maximum Gasteiger partial charge on any atom is 0.319 e. The van der Waals surface area contributed by atoms with Crippen molar-refractivity contribution in [3.05, 3.63) is 65.7 Å². The van der Waals surface area contributed by atoms with Crippen molar-refractivity contribution in [2.75, 3.05) is 18.5 Å². The summed E-state index contributed by atoms with van der Waals surface area (Å²) < 4.78 is 5.71.